The van der Waals surface area contributed by atoms with Crippen LogP contribution in [0.15, 0.2) is 0 Å². The first-order chi connectivity index (χ1) is 8.24. The Balaban J connectivity index is 1.60. The van der Waals surface area contributed by atoms with Crippen molar-refractivity contribution in [1.82, 2.24) is 15.1 Å². The van der Waals surface area contributed by atoms with Gasteiger partial charge in [0.2, 0.25) is 0 Å². The normalized spacial score (nSPS) is 31.2. The molecular formula is C14H29N3. The van der Waals surface area contributed by atoms with E-state index in [-0.39, 0.29) is 0 Å². The van der Waals surface area contributed by atoms with Crippen molar-refractivity contribution in [3.8, 4) is 0 Å². The lowest BCUT2D eigenvalue weighted by molar-refractivity contribution is 0.164. The summed E-state index contributed by atoms with van der Waals surface area (Å²) in [7, 11) is 4.55. The highest BCUT2D eigenvalue weighted by atomic mass is 15.1. The van der Waals surface area contributed by atoms with Gasteiger partial charge in [-0.15, -0.1) is 0 Å². The van der Waals surface area contributed by atoms with Gasteiger partial charge in [0.25, 0.3) is 0 Å². The first-order valence-electron chi connectivity index (χ1n) is 7.34. The van der Waals surface area contributed by atoms with Gasteiger partial charge in [0.15, 0.2) is 0 Å². The lowest BCUT2D eigenvalue weighted by Crippen LogP contribution is -2.39. The summed E-state index contributed by atoms with van der Waals surface area (Å²) >= 11 is 0. The van der Waals surface area contributed by atoms with E-state index >= 15 is 0 Å². The molecule has 0 aromatic rings. The molecule has 2 saturated heterocycles. The zero-order chi connectivity index (χ0) is 12.1. The van der Waals surface area contributed by atoms with Crippen molar-refractivity contribution in [2.24, 2.45) is 5.92 Å². The zero-order valence-electron chi connectivity index (χ0n) is 11.6. The number of hydrogen-bond acceptors (Lipinski definition) is 3. The minimum Gasteiger partial charge on any atom is -0.314 e. The topological polar surface area (TPSA) is 18.5 Å². The molecule has 2 fully saturated rings. The quantitative estimate of drug-likeness (QED) is 0.782. The van der Waals surface area contributed by atoms with Crippen LogP contribution in [0.5, 0.6) is 0 Å². The van der Waals surface area contributed by atoms with E-state index in [0.29, 0.717) is 0 Å². The van der Waals surface area contributed by atoms with Gasteiger partial charge in [-0.3, -0.25) is 0 Å². The second-order valence-electron chi connectivity index (χ2n) is 6.11. The Morgan fingerprint density at radius 2 is 2.18 bits per heavy atom. The van der Waals surface area contributed by atoms with Crippen molar-refractivity contribution in [1.29, 1.82) is 0 Å². The molecular weight excluding hydrogens is 210 g/mol. The Bertz CT molecular complexity index is 214. The standard InChI is InChI=1S/C14H29N3/c1-16-9-4-5-13(11-16)12-17(2)10-7-14-6-3-8-15-14/h13-15H,3-12H2,1-2H3. The Hall–Kier alpha value is -0.120. The molecule has 0 bridgehead atoms. The fourth-order valence-electron chi connectivity index (χ4n) is 3.33. The van der Waals surface area contributed by atoms with E-state index < -0.39 is 0 Å². The maximum Gasteiger partial charge on any atom is 0.00797 e. The van der Waals surface area contributed by atoms with Gasteiger partial charge in [-0.2, -0.15) is 0 Å². The fraction of sp³-hybridized carbons (Fsp3) is 1.00. The van der Waals surface area contributed by atoms with Crippen LogP contribution < -0.4 is 5.32 Å². The molecule has 1 N–H and O–H groups in total. The number of nitrogens with one attached hydrogen (secondary N) is 1. The molecule has 2 aliphatic rings. The van der Waals surface area contributed by atoms with Gasteiger partial charge in [0.1, 0.15) is 0 Å². The third-order valence-corrected chi connectivity index (χ3v) is 4.31. The molecule has 2 unspecified atom stereocenters. The summed E-state index contributed by atoms with van der Waals surface area (Å²) in [5.74, 6) is 0.898. The molecule has 3 nitrogen and oxygen atoms in total. The molecule has 0 aromatic heterocycles. The van der Waals surface area contributed by atoms with Crippen LogP contribution in [0.1, 0.15) is 32.1 Å². The average Bonchev–Trinajstić information content (AvgIpc) is 2.79. The number of hydrogen-bond donors (Lipinski definition) is 1. The van der Waals surface area contributed by atoms with Crippen LogP contribution in [0.3, 0.4) is 0 Å². The van der Waals surface area contributed by atoms with E-state index in [0.717, 1.165) is 12.0 Å². The van der Waals surface area contributed by atoms with E-state index in [9.17, 15) is 0 Å². The molecule has 0 radical (unpaired) electrons. The molecule has 17 heavy (non-hydrogen) atoms. The molecule has 0 spiro atoms. The second kappa shape index (κ2) is 6.72. The Labute approximate surface area is 107 Å². The van der Waals surface area contributed by atoms with Gasteiger partial charge in [-0.05, 0) is 71.8 Å². The molecule has 2 heterocycles. The van der Waals surface area contributed by atoms with Crippen LogP contribution in [-0.4, -0.2) is 62.7 Å². The molecule has 100 valence electrons. The summed E-state index contributed by atoms with van der Waals surface area (Å²) in [6.07, 6.45) is 6.91. The van der Waals surface area contributed by atoms with Crippen molar-refractivity contribution >= 4 is 0 Å². The van der Waals surface area contributed by atoms with Crippen molar-refractivity contribution in [2.75, 3.05) is 46.8 Å². The minimum atomic E-state index is 0.798. The van der Waals surface area contributed by atoms with E-state index in [1.54, 1.807) is 0 Å². The maximum atomic E-state index is 3.59. The highest BCUT2D eigenvalue weighted by Crippen LogP contribution is 2.16. The van der Waals surface area contributed by atoms with Crippen LogP contribution in [-0.2, 0) is 0 Å². The Morgan fingerprint density at radius 3 is 2.88 bits per heavy atom. The van der Waals surface area contributed by atoms with E-state index in [1.165, 1.54) is 64.8 Å². The third kappa shape index (κ3) is 4.57. The highest BCUT2D eigenvalue weighted by Gasteiger charge is 2.19. The number of nitrogens with zero attached hydrogens (tertiary/aromatic N) is 2. The van der Waals surface area contributed by atoms with Crippen LogP contribution in [0.4, 0.5) is 0 Å². The lowest BCUT2D eigenvalue weighted by Gasteiger charge is -2.32. The van der Waals surface area contributed by atoms with Crippen LogP contribution in [0.2, 0.25) is 0 Å². The summed E-state index contributed by atoms with van der Waals surface area (Å²) in [6, 6.07) is 0.798. The number of likely N-dealkylation sites (tertiary alicyclic amines) is 1. The van der Waals surface area contributed by atoms with E-state index in [4.69, 9.17) is 0 Å². The van der Waals surface area contributed by atoms with Crippen molar-refractivity contribution in [3.63, 3.8) is 0 Å². The predicted octanol–water partition coefficient (Wildman–Crippen LogP) is 1.40. The average molecular weight is 239 g/mol. The van der Waals surface area contributed by atoms with E-state index in [2.05, 4.69) is 29.2 Å². The second-order valence-corrected chi connectivity index (χ2v) is 6.11. The summed E-state index contributed by atoms with van der Waals surface area (Å²) in [5.41, 5.74) is 0. The van der Waals surface area contributed by atoms with Gasteiger partial charge in [-0.25, -0.2) is 0 Å². The first kappa shape index (κ1) is 13.3. The molecule has 0 aromatic carbocycles. The van der Waals surface area contributed by atoms with Gasteiger partial charge < -0.3 is 15.1 Å². The maximum absolute atomic E-state index is 3.59. The summed E-state index contributed by atoms with van der Waals surface area (Å²) < 4.78 is 0. The summed E-state index contributed by atoms with van der Waals surface area (Å²) in [5, 5.41) is 3.59. The van der Waals surface area contributed by atoms with Gasteiger partial charge in [-0.1, -0.05) is 0 Å². The molecule has 0 aliphatic carbocycles. The molecule has 0 saturated carbocycles. The highest BCUT2D eigenvalue weighted by molar-refractivity contribution is 4.77. The van der Waals surface area contributed by atoms with Crippen LogP contribution in [0, 0.1) is 5.92 Å². The van der Waals surface area contributed by atoms with Crippen molar-refractivity contribution < 1.29 is 0 Å². The van der Waals surface area contributed by atoms with Gasteiger partial charge in [0, 0.05) is 19.1 Å². The van der Waals surface area contributed by atoms with Gasteiger partial charge in [0.05, 0.1) is 0 Å². The van der Waals surface area contributed by atoms with Crippen molar-refractivity contribution in [2.45, 2.75) is 38.1 Å². The summed E-state index contributed by atoms with van der Waals surface area (Å²) in [4.78, 5) is 5.03. The molecule has 0 amide bonds. The largest absolute Gasteiger partial charge is 0.314 e. The molecule has 2 rings (SSSR count). The van der Waals surface area contributed by atoms with Crippen LogP contribution in [0.25, 0.3) is 0 Å². The molecule has 2 aliphatic heterocycles. The smallest absolute Gasteiger partial charge is 0.00797 e. The predicted molar refractivity (Wildman–Crippen MR) is 73.4 cm³/mol. The molecule has 3 heteroatoms. The Morgan fingerprint density at radius 1 is 1.29 bits per heavy atom. The minimum absolute atomic E-state index is 0.798. The van der Waals surface area contributed by atoms with Gasteiger partial charge >= 0.3 is 0 Å². The summed E-state index contributed by atoms with van der Waals surface area (Å²) in [6.45, 7) is 6.38. The molecule has 2 atom stereocenters. The monoisotopic (exact) mass is 239 g/mol. The zero-order valence-corrected chi connectivity index (χ0v) is 11.6. The number of rotatable bonds is 5. The van der Waals surface area contributed by atoms with Crippen molar-refractivity contribution in [3.05, 3.63) is 0 Å². The first-order valence-corrected chi connectivity index (χ1v) is 7.34. The SMILES string of the molecule is CN1CCCC(CN(C)CCC2CCCN2)C1. The Kier molecular flexibility index (Phi) is 5.26. The third-order valence-electron chi connectivity index (χ3n) is 4.31. The van der Waals surface area contributed by atoms with E-state index in [1.807, 2.05) is 0 Å². The number of piperidine rings is 1. The fourth-order valence-corrected chi connectivity index (χ4v) is 3.33. The lowest BCUT2D eigenvalue weighted by atomic mass is 9.98. The van der Waals surface area contributed by atoms with Crippen LogP contribution >= 0.6 is 0 Å².